The number of anilines is 2. The summed E-state index contributed by atoms with van der Waals surface area (Å²) in [5, 5.41) is 3.53. The van der Waals surface area contributed by atoms with Crippen molar-refractivity contribution >= 4 is 29.1 Å². The van der Waals surface area contributed by atoms with E-state index in [4.69, 9.17) is 16.3 Å². The van der Waals surface area contributed by atoms with Gasteiger partial charge in [0, 0.05) is 22.9 Å². The van der Waals surface area contributed by atoms with Crippen LogP contribution in [0.1, 0.15) is 29.2 Å². The first kappa shape index (κ1) is 20.3. The Bertz CT molecular complexity index is 1020. The molecular formula is C25H25ClN2O2. The molecule has 3 aromatic rings. The molecule has 0 saturated carbocycles. The van der Waals surface area contributed by atoms with Crippen LogP contribution in [0.25, 0.3) is 0 Å². The fourth-order valence-corrected chi connectivity index (χ4v) is 4.00. The number of amides is 1. The average Bonchev–Trinajstić information content (AvgIpc) is 2.76. The topological polar surface area (TPSA) is 41.6 Å². The number of rotatable bonds is 5. The lowest BCUT2D eigenvalue weighted by Gasteiger charge is -2.34. The smallest absolute Gasteiger partial charge is 0.412 e. The first-order valence-electron chi connectivity index (χ1n) is 10.2. The summed E-state index contributed by atoms with van der Waals surface area (Å²) in [4.78, 5) is 15.0. The molecule has 1 unspecified atom stereocenters. The number of nitrogens with one attached hydrogen (secondary N) is 1. The molecule has 0 aliphatic carbocycles. The summed E-state index contributed by atoms with van der Waals surface area (Å²) in [5.74, 6) is 0. The van der Waals surface area contributed by atoms with Crippen LogP contribution in [0.3, 0.4) is 0 Å². The molecule has 0 radical (unpaired) electrons. The van der Waals surface area contributed by atoms with Gasteiger partial charge in [-0.1, -0.05) is 60.1 Å². The van der Waals surface area contributed by atoms with Crippen LogP contribution < -0.4 is 10.2 Å². The summed E-state index contributed by atoms with van der Waals surface area (Å²) in [7, 11) is 0. The van der Waals surface area contributed by atoms with Crippen LogP contribution in [0.5, 0.6) is 0 Å². The molecule has 1 heterocycles. The Morgan fingerprint density at radius 1 is 1.07 bits per heavy atom. The van der Waals surface area contributed by atoms with Crippen molar-refractivity contribution in [2.75, 3.05) is 23.3 Å². The lowest BCUT2D eigenvalue weighted by molar-refractivity contribution is 0.114. The van der Waals surface area contributed by atoms with E-state index < -0.39 is 12.2 Å². The van der Waals surface area contributed by atoms with Crippen LogP contribution in [0.4, 0.5) is 16.2 Å². The molecule has 0 fully saturated rings. The maximum Gasteiger partial charge on any atom is 0.412 e. The first-order chi connectivity index (χ1) is 14.6. The van der Waals surface area contributed by atoms with E-state index in [1.807, 2.05) is 55.5 Å². The van der Waals surface area contributed by atoms with E-state index in [-0.39, 0.29) is 0 Å². The van der Waals surface area contributed by atoms with E-state index in [1.165, 1.54) is 11.3 Å². The average molecular weight is 421 g/mol. The largest absolute Gasteiger partial charge is 0.439 e. The molecule has 0 saturated heterocycles. The van der Waals surface area contributed by atoms with Crippen LogP contribution in [0.15, 0.2) is 72.8 Å². The minimum atomic E-state index is -0.463. The zero-order chi connectivity index (χ0) is 20.9. The highest BCUT2D eigenvalue weighted by Gasteiger charge is 2.24. The van der Waals surface area contributed by atoms with Crippen LogP contribution in [-0.2, 0) is 11.2 Å². The summed E-state index contributed by atoms with van der Waals surface area (Å²) in [6.45, 7) is 3.47. The number of aryl methyl sites for hydroxylation is 2. The fraction of sp³-hybridized carbons (Fsp3) is 0.240. The summed E-state index contributed by atoms with van der Waals surface area (Å²) in [6.07, 6.45) is 1.28. The second-order valence-corrected chi connectivity index (χ2v) is 8.00. The number of hydrogen-bond acceptors (Lipinski definition) is 3. The molecule has 5 heteroatoms. The second kappa shape index (κ2) is 9.23. The number of nitrogens with zero attached hydrogens (tertiary/aromatic N) is 1. The van der Waals surface area contributed by atoms with Gasteiger partial charge in [0.15, 0.2) is 0 Å². The van der Waals surface area contributed by atoms with Crippen LogP contribution in [-0.4, -0.2) is 19.2 Å². The molecular weight excluding hydrogens is 396 g/mol. The summed E-state index contributed by atoms with van der Waals surface area (Å²) in [6, 6.07) is 23.6. The number of hydrogen-bond donors (Lipinski definition) is 1. The van der Waals surface area contributed by atoms with E-state index in [0.29, 0.717) is 11.6 Å². The molecule has 1 atom stereocenters. The Hall–Kier alpha value is -2.98. The molecule has 4 rings (SSSR count). The van der Waals surface area contributed by atoms with Crippen molar-refractivity contribution in [2.24, 2.45) is 0 Å². The molecule has 30 heavy (non-hydrogen) atoms. The molecule has 154 valence electrons. The van der Waals surface area contributed by atoms with E-state index in [1.54, 1.807) is 0 Å². The minimum absolute atomic E-state index is 0.419. The highest BCUT2D eigenvalue weighted by atomic mass is 35.5. The van der Waals surface area contributed by atoms with Crippen molar-refractivity contribution < 1.29 is 9.53 Å². The number of ether oxygens (including phenoxy) is 1. The first-order valence-corrected chi connectivity index (χ1v) is 10.6. The van der Waals surface area contributed by atoms with Crippen LogP contribution in [0.2, 0.25) is 5.02 Å². The predicted molar refractivity (Wildman–Crippen MR) is 122 cm³/mol. The minimum Gasteiger partial charge on any atom is -0.439 e. The van der Waals surface area contributed by atoms with Gasteiger partial charge in [-0.05, 0) is 60.7 Å². The lowest BCUT2D eigenvalue weighted by atomic mass is 10.0. The summed E-state index contributed by atoms with van der Waals surface area (Å²) < 4.78 is 5.92. The molecule has 1 amide bonds. The Balaban J connectivity index is 1.55. The van der Waals surface area contributed by atoms with E-state index in [0.717, 1.165) is 36.2 Å². The maximum absolute atomic E-state index is 12.7. The molecule has 3 aromatic carbocycles. The lowest BCUT2D eigenvalue weighted by Crippen LogP contribution is -2.35. The quantitative estimate of drug-likeness (QED) is 0.519. The number of para-hydroxylation sites is 2. The second-order valence-electron chi connectivity index (χ2n) is 7.56. The third kappa shape index (κ3) is 4.77. The maximum atomic E-state index is 12.7. The van der Waals surface area contributed by atoms with Crippen LogP contribution in [0, 0.1) is 6.92 Å². The predicted octanol–water partition coefficient (Wildman–Crippen LogP) is 6.39. The molecule has 1 N–H and O–H groups in total. The third-order valence-corrected chi connectivity index (χ3v) is 5.72. The standard InChI is InChI=1S/C25H25ClN2O2/c1-18-7-2-4-10-22(18)27-25(29)30-24(20-12-14-21(26)15-13-20)17-28-16-6-9-19-8-3-5-11-23(19)28/h2-5,7-8,10-15,24H,6,9,16-17H2,1H3,(H,27,29). The van der Waals surface area contributed by atoms with Gasteiger partial charge in [-0.3, -0.25) is 5.32 Å². The highest BCUT2D eigenvalue weighted by molar-refractivity contribution is 6.30. The number of benzene rings is 3. The molecule has 0 spiro atoms. The SMILES string of the molecule is Cc1ccccc1NC(=O)OC(CN1CCCc2ccccc21)c1ccc(Cl)cc1. The Labute approximate surface area is 182 Å². The van der Waals surface area contributed by atoms with Gasteiger partial charge in [-0.2, -0.15) is 0 Å². The molecule has 4 nitrogen and oxygen atoms in total. The number of carbonyl (C=O) groups is 1. The highest BCUT2D eigenvalue weighted by Crippen LogP contribution is 2.30. The van der Waals surface area contributed by atoms with Crippen molar-refractivity contribution in [1.82, 2.24) is 0 Å². The number of halogens is 1. The Kier molecular flexibility index (Phi) is 6.24. The van der Waals surface area contributed by atoms with E-state index >= 15 is 0 Å². The summed E-state index contributed by atoms with van der Waals surface area (Å²) >= 11 is 6.08. The van der Waals surface area contributed by atoms with E-state index in [9.17, 15) is 4.79 Å². The van der Waals surface area contributed by atoms with Gasteiger partial charge in [-0.25, -0.2) is 4.79 Å². The van der Waals surface area contributed by atoms with Crippen molar-refractivity contribution in [3.8, 4) is 0 Å². The monoisotopic (exact) mass is 420 g/mol. The van der Waals surface area contributed by atoms with Gasteiger partial charge >= 0.3 is 6.09 Å². The van der Waals surface area contributed by atoms with Crippen molar-refractivity contribution in [3.05, 3.63) is 94.5 Å². The van der Waals surface area contributed by atoms with Gasteiger partial charge in [0.2, 0.25) is 0 Å². The number of carbonyl (C=O) groups excluding carboxylic acids is 1. The Morgan fingerprint density at radius 2 is 1.80 bits per heavy atom. The zero-order valence-corrected chi connectivity index (χ0v) is 17.7. The van der Waals surface area contributed by atoms with Crippen molar-refractivity contribution in [2.45, 2.75) is 25.9 Å². The fourth-order valence-electron chi connectivity index (χ4n) is 3.87. The van der Waals surface area contributed by atoms with Crippen LogP contribution >= 0.6 is 11.6 Å². The van der Waals surface area contributed by atoms with Gasteiger partial charge in [-0.15, -0.1) is 0 Å². The molecule has 1 aliphatic heterocycles. The third-order valence-electron chi connectivity index (χ3n) is 5.47. The van der Waals surface area contributed by atoms with Crippen molar-refractivity contribution in [3.63, 3.8) is 0 Å². The zero-order valence-electron chi connectivity index (χ0n) is 17.0. The van der Waals surface area contributed by atoms with Gasteiger partial charge in [0.25, 0.3) is 0 Å². The van der Waals surface area contributed by atoms with Gasteiger partial charge in [0.05, 0.1) is 6.54 Å². The van der Waals surface area contributed by atoms with E-state index in [2.05, 4.69) is 34.5 Å². The normalized spacial score (nSPS) is 14.0. The number of fused-ring (bicyclic) bond motifs is 1. The summed E-state index contributed by atoms with van der Waals surface area (Å²) in [5.41, 5.74) is 5.21. The molecule has 0 bridgehead atoms. The molecule has 0 aromatic heterocycles. The van der Waals surface area contributed by atoms with Gasteiger partial charge in [0.1, 0.15) is 6.10 Å². The van der Waals surface area contributed by atoms with Crippen molar-refractivity contribution in [1.29, 1.82) is 0 Å². The molecule has 1 aliphatic rings. The Morgan fingerprint density at radius 3 is 2.60 bits per heavy atom. The van der Waals surface area contributed by atoms with Gasteiger partial charge < -0.3 is 9.64 Å².